The highest BCUT2D eigenvalue weighted by Crippen LogP contribution is 2.02. The van der Waals surface area contributed by atoms with Gasteiger partial charge in [0.1, 0.15) is 0 Å². The smallest absolute Gasteiger partial charge is 0.187 e. The van der Waals surface area contributed by atoms with E-state index < -0.39 is 0 Å². The Morgan fingerprint density at radius 1 is 1.38 bits per heavy atom. The first kappa shape index (κ1) is 12.6. The lowest BCUT2D eigenvalue weighted by Gasteiger charge is -2.09. The Morgan fingerprint density at radius 2 is 2.06 bits per heavy atom. The van der Waals surface area contributed by atoms with Crippen molar-refractivity contribution in [2.24, 2.45) is 5.10 Å². The van der Waals surface area contributed by atoms with E-state index in [1.807, 2.05) is 45.0 Å². The summed E-state index contributed by atoms with van der Waals surface area (Å²) in [5, 5.41) is 7.67. The van der Waals surface area contributed by atoms with Crippen LogP contribution in [0.15, 0.2) is 29.4 Å². The van der Waals surface area contributed by atoms with Crippen LogP contribution in [0, 0.1) is 6.92 Å². The van der Waals surface area contributed by atoms with Crippen molar-refractivity contribution in [1.29, 1.82) is 0 Å². The summed E-state index contributed by atoms with van der Waals surface area (Å²) in [5.41, 5.74) is 5.06. The third-order valence-electron chi connectivity index (χ3n) is 1.98. The van der Waals surface area contributed by atoms with Gasteiger partial charge in [0.05, 0.1) is 6.21 Å². The van der Waals surface area contributed by atoms with Gasteiger partial charge in [0, 0.05) is 6.04 Å². The van der Waals surface area contributed by atoms with E-state index in [0.29, 0.717) is 11.2 Å². The third-order valence-corrected chi connectivity index (χ3v) is 2.19. The molecule has 0 heterocycles. The van der Waals surface area contributed by atoms with Crippen LogP contribution in [0.3, 0.4) is 0 Å². The number of nitrogens with one attached hydrogen (secondary N) is 2. The Labute approximate surface area is 102 Å². The molecule has 0 aliphatic carbocycles. The molecule has 1 aromatic rings. The molecule has 0 bridgehead atoms. The molecule has 0 saturated heterocycles. The Bertz CT molecular complexity index is 386. The lowest BCUT2D eigenvalue weighted by atomic mass is 10.1. The van der Waals surface area contributed by atoms with E-state index in [2.05, 4.69) is 15.8 Å². The molecule has 16 heavy (non-hydrogen) atoms. The molecule has 0 saturated carbocycles. The average Bonchev–Trinajstić information content (AvgIpc) is 2.19. The number of hydrogen-bond donors (Lipinski definition) is 2. The normalized spacial score (nSPS) is 10.8. The van der Waals surface area contributed by atoms with E-state index in [4.69, 9.17) is 12.2 Å². The van der Waals surface area contributed by atoms with E-state index >= 15 is 0 Å². The van der Waals surface area contributed by atoms with Crippen molar-refractivity contribution in [1.82, 2.24) is 10.7 Å². The summed E-state index contributed by atoms with van der Waals surface area (Å²) >= 11 is 5.04. The topological polar surface area (TPSA) is 36.4 Å². The van der Waals surface area contributed by atoms with Gasteiger partial charge in [0.2, 0.25) is 0 Å². The van der Waals surface area contributed by atoms with Gasteiger partial charge in [-0.15, -0.1) is 0 Å². The van der Waals surface area contributed by atoms with Gasteiger partial charge in [0.15, 0.2) is 5.11 Å². The fraction of sp³-hybridized carbons (Fsp3) is 0.333. The molecule has 0 aliphatic heterocycles. The fourth-order valence-electron chi connectivity index (χ4n) is 1.19. The van der Waals surface area contributed by atoms with Crippen molar-refractivity contribution in [2.75, 3.05) is 0 Å². The first-order chi connectivity index (χ1) is 7.59. The van der Waals surface area contributed by atoms with Gasteiger partial charge in [-0.05, 0) is 44.1 Å². The Kier molecular flexibility index (Phi) is 4.92. The van der Waals surface area contributed by atoms with Crippen LogP contribution in [0.4, 0.5) is 0 Å². The molecular formula is C12H17N3S. The summed E-state index contributed by atoms with van der Waals surface area (Å²) < 4.78 is 0. The molecule has 0 fully saturated rings. The minimum atomic E-state index is 0.314. The monoisotopic (exact) mass is 235 g/mol. The molecule has 2 N–H and O–H groups in total. The molecule has 0 unspecified atom stereocenters. The maximum Gasteiger partial charge on any atom is 0.187 e. The largest absolute Gasteiger partial charge is 0.359 e. The number of hydrogen-bond acceptors (Lipinski definition) is 2. The molecule has 0 spiro atoms. The van der Waals surface area contributed by atoms with Crippen LogP contribution in [0.2, 0.25) is 0 Å². The highest BCUT2D eigenvalue weighted by molar-refractivity contribution is 7.80. The molecule has 86 valence electrons. The summed E-state index contributed by atoms with van der Waals surface area (Å²) in [6.07, 6.45) is 1.77. The second kappa shape index (κ2) is 6.23. The van der Waals surface area contributed by atoms with Gasteiger partial charge < -0.3 is 5.32 Å². The van der Waals surface area contributed by atoms with Crippen molar-refractivity contribution >= 4 is 23.5 Å². The van der Waals surface area contributed by atoms with Crippen LogP contribution >= 0.6 is 12.2 Å². The number of thiocarbonyl (C=S) groups is 1. The molecule has 0 radical (unpaired) electrons. The predicted molar refractivity (Wildman–Crippen MR) is 72.8 cm³/mol. The standard InChI is InChI=1S/C12H17N3S/c1-9(2)14-12(16)15-13-8-11-7-5-4-6-10(11)3/h4-9H,1-3H3,(H2,14,15,16). The zero-order chi connectivity index (χ0) is 12.0. The van der Waals surface area contributed by atoms with Crippen LogP contribution in [-0.4, -0.2) is 17.4 Å². The number of benzene rings is 1. The third kappa shape index (κ3) is 4.40. The van der Waals surface area contributed by atoms with Crippen LogP contribution in [0.1, 0.15) is 25.0 Å². The maximum atomic E-state index is 5.04. The first-order valence-electron chi connectivity index (χ1n) is 5.25. The molecule has 0 atom stereocenters. The molecular weight excluding hydrogens is 218 g/mol. The predicted octanol–water partition coefficient (Wildman–Crippen LogP) is 2.20. The van der Waals surface area contributed by atoms with Crippen LogP contribution in [-0.2, 0) is 0 Å². The van der Waals surface area contributed by atoms with Gasteiger partial charge in [0.25, 0.3) is 0 Å². The minimum Gasteiger partial charge on any atom is -0.359 e. The highest BCUT2D eigenvalue weighted by Gasteiger charge is 1.95. The molecule has 1 rings (SSSR count). The summed E-state index contributed by atoms with van der Waals surface area (Å²) in [4.78, 5) is 0. The van der Waals surface area contributed by atoms with Crippen LogP contribution in [0.25, 0.3) is 0 Å². The fourth-order valence-corrected chi connectivity index (χ4v) is 1.47. The summed E-state index contributed by atoms with van der Waals surface area (Å²) in [5.74, 6) is 0. The van der Waals surface area contributed by atoms with Crippen molar-refractivity contribution in [3.63, 3.8) is 0 Å². The molecule has 0 amide bonds. The molecule has 0 aromatic heterocycles. The quantitative estimate of drug-likeness (QED) is 0.479. The van der Waals surface area contributed by atoms with Crippen molar-refractivity contribution in [2.45, 2.75) is 26.8 Å². The van der Waals surface area contributed by atoms with Crippen molar-refractivity contribution in [3.05, 3.63) is 35.4 Å². The van der Waals surface area contributed by atoms with Crippen molar-refractivity contribution in [3.8, 4) is 0 Å². The second-order valence-electron chi connectivity index (χ2n) is 3.85. The van der Waals surface area contributed by atoms with Crippen LogP contribution in [0.5, 0.6) is 0 Å². The zero-order valence-electron chi connectivity index (χ0n) is 9.82. The number of nitrogens with zero attached hydrogens (tertiary/aromatic N) is 1. The number of hydrazone groups is 1. The lowest BCUT2D eigenvalue weighted by molar-refractivity contribution is 0.720. The molecule has 4 heteroatoms. The second-order valence-corrected chi connectivity index (χ2v) is 4.26. The van der Waals surface area contributed by atoms with E-state index in [9.17, 15) is 0 Å². The minimum absolute atomic E-state index is 0.314. The van der Waals surface area contributed by atoms with E-state index in [0.717, 1.165) is 5.56 Å². The molecule has 3 nitrogen and oxygen atoms in total. The van der Waals surface area contributed by atoms with Gasteiger partial charge in [-0.3, -0.25) is 5.43 Å². The maximum absolute atomic E-state index is 5.04. The van der Waals surface area contributed by atoms with Gasteiger partial charge in [-0.1, -0.05) is 24.3 Å². The van der Waals surface area contributed by atoms with Crippen LogP contribution < -0.4 is 10.7 Å². The summed E-state index contributed by atoms with van der Waals surface area (Å²) in [7, 11) is 0. The van der Waals surface area contributed by atoms with E-state index in [-0.39, 0.29) is 0 Å². The highest BCUT2D eigenvalue weighted by atomic mass is 32.1. The Morgan fingerprint density at radius 3 is 2.69 bits per heavy atom. The summed E-state index contributed by atoms with van der Waals surface area (Å²) in [6, 6.07) is 8.36. The van der Waals surface area contributed by atoms with Gasteiger partial charge in [-0.2, -0.15) is 5.10 Å². The van der Waals surface area contributed by atoms with E-state index in [1.165, 1.54) is 5.56 Å². The first-order valence-corrected chi connectivity index (χ1v) is 5.65. The summed E-state index contributed by atoms with van der Waals surface area (Å²) in [6.45, 7) is 6.10. The lowest BCUT2D eigenvalue weighted by Crippen LogP contribution is -2.36. The number of rotatable bonds is 3. The Hall–Kier alpha value is -1.42. The van der Waals surface area contributed by atoms with Gasteiger partial charge >= 0.3 is 0 Å². The SMILES string of the molecule is Cc1ccccc1C=NNC(=S)NC(C)C. The number of aryl methyl sites for hydroxylation is 1. The van der Waals surface area contributed by atoms with Crippen molar-refractivity contribution < 1.29 is 0 Å². The average molecular weight is 235 g/mol. The Balaban J connectivity index is 2.49. The molecule has 1 aromatic carbocycles. The molecule has 0 aliphatic rings. The van der Waals surface area contributed by atoms with E-state index in [1.54, 1.807) is 6.21 Å². The van der Waals surface area contributed by atoms with Gasteiger partial charge in [-0.25, -0.2) is 0 Å². The zero-order valence-corrected chi connectivity index (χ0v) is 10.6.